The Morgan fingerprint density at radius 3 is 2.61 bits per heavy atom. The first-order chi connectivity index (χ1) is 8.69. The van der Waals surface area contributed by atoms with Crippen molar-refractivity contribution in [1.82, 2.24) is 15.1 Å². The number of halogens is 2. The maximum atomic E-state index is 6.25. The van der Waals surface area contributed by atoms with Crippen LogP contribution in [0.15, 0.2) is 30.5 Å². The van der Waals surface area contributed by atoms with Crippen molar-refractivity contribution >= 4 is 23.2 Å². The molecule has 18 heavy (non-hydrogen) atoms. The number of aryl methyl sites for hydroxylation is 1. The molecule has 1 atom stereocenters. The van der Waals surface area contributed by atoms with E-state index in [1.54, 1.807) is 6.20 Å². The minimum Gasteiger partial charge on any atom is -0.308 e. The Morgan fingerprint density at radius 2 is 2.00 bits per heavy atom. The molecule has 1 aromatic heterocycles. The maximum Gasteiger partial charge on any atom is 0.0837 e. The molecular formula is C13H15Cl2N3. The van der Waals surface area contributed by atoms with Gasteiger partial charge in [-0.15, -0.1) is 0 Å². The molecule has 0 aliphatic heterocycles. The van der Waals surface area contributed by atoms with Crippen LogP contribution in [-0.2, 0) is 6.54 Å². The van der Waals surface area contributed by atoms with E-state index >= 15 is 0 Å². The van der Waals surface area contributed by atoms with Gasteiger partial charge in [0.1, 0.15) is 0 Å². The molecule has 0 bridgehead atoms. The van der Waals surface area contributed by atoms with E-state index < -0.39 is 0 Å². The Bertz CT molecular complexity index is 537. The molecular weight excluding hydrogens is 269 g/mol. The fourth-order valence-electron chi connectivity index (χ4n) is 2.06. The largest absolute Gasteiger partial charge is 0.308 e. The summed E-state index contributed by atoms with van der Waals surface area (Å²) in [5.74, 6) is 0. The third kappa shape index (κ3) is 2.39. The Kier molecular flexibility index (Phi) is 4.27. The summed E-state index contributed by atoms with van der Waals surface area (Å²) < 4.78 is 1.88. The number of nitrogens with one attached hydrogen (secondary N) is 1. The quantitative estimate of drug-likeness (QED) is 0.931. The maximum absolute atomic E-state index is 6.25. The SMILES string of the molecule is CCn1ncc(Cl)c1C(NC)c1ccccc1Cl. The lowest BCUT2D eigenvalue weighted by Gasteiger charge is -2.19. The van der Waals surface area contributed by atoms with Gasteiger partial charge in [0, 0.05) is 11.6 Å². The summed E-state index contributed by atoms with van der Waals surface area (Å²) in [7, 11) is 1.89. The van der Waals surface area contributed by atoms with Gasteiger partial charge in [-0.2, -0.15) is 5.10 Å². The van der Waals surface area contributed by atoms with E-state index in [0.717, 1.165) is 22.8 Å². The van der Waals surface area contributed by atoms with Crippen LogP contribution in [0.25, 0.3) is 0 Å². The van der Waals surface area contributed by atoms with Crippen LogP contribution < -0.4 is 5.32 Å². The monoisotopic (exact) mass is 283 g/mol. The van der Waals surface area contributed by atoms with Crippen LogP contribution in [0.2, 0.25) is 10.0 Å². The van der Waals surface area contributed by atoms with E-state index in [9.17, 15) is 0 Å². The van der Waals surface area contributed by atoms with E-state index in [0.29, 0.717) is 5.02 Å². The minimum atomic E-state index is -0.0614. The van der Waals surface area contributed by atoms with Crippen molar-refractivity contribution < 1.29 is 0 Å². The Labute approximate surface area is 117 Å². The van der Waals surface area contributed by atoms with Gasteiger partial charge in [0.05, 0.1) is 23.0 Å². The standard InChI is InChI=1S/C13H15Cl2N3/c1-3-18-13(11(15)8-17-18)12(16-2)9-6-4-5-7-10(9)14/h4-8,12,16H,3H2,1-2H3. The third-order valence-electron chi connectivity index (χ3n) is 2.91. The van der Waals surface area contributed by atoms with Crippen molar-refractivity contribution in [2.24, 2.45) is 0 Å². The summed E-state index contributed by atoms with van der Waals surface area (Å²) in [6.45, 7) is 2.80. The van der Waals surface area contributed by atoms with E-state index in [4.69, 9.17) is 23.2 Å². The average Bonchev–Trinajstić information content (AvgIpc) is 2.74. The summed E-state index contributed by atoms with van der Waals surface area (Å²) in [4.78, 5) is 0. The summed E-state index contributed by atoms with van der Waals surface area (Å²) in [5.41, 5.74) is 1.94. The summed E-state index contributed by atoms with van der Waals surface area (Å²) in [5, 5.41) is 8.88. The second-order valence-corrected chi connectivity index (χ2v) is 4.75. The van der Waals surface area contributed by atoms with Gasteiger partial charge in [0.25, 0.3) is 0 Å². The lowest BCUT2D eigenvalue weighted by atomic mass is 10.0. The van der Waals surface area contributed by atoms with Crippen molar-refractivity contribution in [3.63, 3.8) is 0 Å². The van der Waals surface area contributed by atoms with Crippen LogP contribution in [0, 0.1) is 0 Å². The molecule has 0 aliphatic carbocycles. The van der Waals surface area contributed by atoms with Crippen LogP contribution in [0.3, 0.4) is 0 Å². The van der Waals surface area contributed by atoms with Crippen molar-refractivity contribution in [2.45, 2.75) is 19.5 Å². The fourth-order valence-corrected chi connectivity index (χ4v) is 2.55. The van der Waals surface area contributed by atoms with Crippen LogP contribution in [0.4, 0.5) is 0 Å². The van der Waals surface area contributed by atoms with Gasteiger partial charge >= 0.3 is 0 Å². The summed E-state index contributed by atoms with van der Waals surface area (Å²) >= 11 is 12.5. The van der Waals surface area contributed by atoms with Crippen LogP contribution in [0.5, 0.6) is 0 Å². The number of rotatable bonds is 4. The molecule has 96 valence electrons. The molecule has 0 saturated carbocycles. The highest BCUT2D eigenvalue weighted by Gasteiger charge is 2.21. The Balaban J connectivity index is 2.52. The topological polar surface area (TPSA) is 29.9 Å². The highest BCUT2D eigenvalue weighted by atomic mass is 35.5. The number of hydrogen-bond acceptors (Lipinski definition) is 2. The molecule has 3 nitrogen and oxygen atoms in total. The summed E-state index contributed by atoms with van der Waals surface area (Å²) in [6.07, 6.45) is 1.67. The predicted molar refractivity (Wildman–Crippen MR) is 75.3 cm³/mol. The highest BCUT2D eigenvalue weighted by molar-refractivity contribution is 6.32. The van der Waals surface area contributed by atoms with Gasteiger partial charge < -0.3 is 5.32 Å². The fraction of sp³-hybridized carbons (Fsp3) is 0.308. The second kappa shape index (κ2) is 5.74. The molecule has 5 heteroatoms. The molecule has 0 aliphatic rings. The third-order valence-corrected chi connectivity index (χ3v) is 3.55. The smallest absolute Gasteiger partial charge is 0.0837 e. The van der Waals surface area contributed by atoms with Gasteiger partial charge in [0.2, 0.25) is 0 Å². The lowest BCUT2D eigenvalue weighted by Crippen LogP contribution is -2.22. The van der Waals surface area contributed by atoms with Gasteiger partial charge in [-0.1, -0.05) is 41.4 Å². The molecule has 1 unspecified atom stereocenters. The van der Waals surface area contributed by atoms with E-state index in [1.807, 2.05) is 42.9 Å². The molecule has 2 rings (SSSR count). The molecule has 0 fully saturated rings. The van der Waals surface area contributed by atoms with Crippen LogP contribution in [0.1, 0.15) is 24.2 Å². The number of hydrogen-bond donors (Lipinski definition) is 1. The number of nitrogens with zero attached hydrogens (tertiary/aromatic N) is 2. The van der Waals surface area contributed by atoms with E-state index in [1.165, 1.54) is 0 Å². The molecule has 2 aromatic rings. The molecule has 0 spiro atoms. The number of benzene rings is 1. The van der Waals surface area contributed by atoms with Crippen LogP contribution in [-0.4, -0.2) is 16.8 Å². The molecule has 1 heterocycles. The Hall–Kier alpha value is -1.03. The molecule has 1 N–H and O–H groups in total. The van der Waals surface area contributed by atoms with Crippen molar-refractivity contribution in [2.75, 3.05) is 7.05 Å². The zero-order valence-electron chi connectivity index (χ0n) is 10.3. The normalized spacial score (nSPS) is 12.7. The first-order valence-corrected chi connectivity index (χ1v) is 6.57. The molecule has 0 saturated heterocycles. The number of aromatic nitrogens is 2. The first kappa shape index (κ1) is 13.4. The van der Waals surface area contributed by atoms with E-state index in [2.05, 4.69) is 10.4 Å². The summed E-state index contributed by atoms with van der Waals surface area (Å²) in [6, 6.07) is 7.69. The van der Waals surface area contributed by atoms with Gasteiger partial charge in [0.15, 0.2) is 0 Å². The zero-order valence-corrected chi connectivity index (χ0v) is 11.8. The predicted octanol–water partition coefficient (Wildman–Crippen LogP) is 3.52. The van der Waals surface area contributed by atoms with Crippen molar-refractivity contribution in [3.05, 3.63) is 51.8 Å². The second-order valence-electron chi connectivity index (χ2n) is 3.94. The molecule has 0 amide bonds. The first-order valence-electron chi connectivity index (χ1n) is 5.82. The highest BCUT2D eigenvalue weighted by Crippen LogP contribution is 2.31. The lowest BCUT2D eigenvalue weighted by molar-refractivity contribution is 0.563. The van der Waals surface area contributed by atoms with Crippen LogP contribution >= 0.6 is 23.2 Å². The zero-order chi connectivity index (χ0) is 13.1. The Morgan fingerprint density at radius 1 is 1.28 bits per heavy atom. The van der Waals surface area contributed by atoms with Crippen molar-refractivity contribution in [3.8, 4) is 0 Å². The van der Waals surface area contributed by atoms with Gasteiger partial charge in [-0.25, -0.2) is 0 Å². The van der Waals surface area contributed by atoms with Crippen molar-refractivity contribution in [1.29, 1.82) is 0 Å². The average molecular weight is 284 g/mol. The van der Waals surface area contributed by atoms with E-state index in [-0.39, 0.29) is 6.04 Å². The molecule has 0 radical (unpaired) electrons. The minimum absolute atomic E-state index is 0.0614. The van der Waals surface area contributed by atoms with Gasteiger partial charge in [-0.3, -0.25) is 4.68 Å². The van der Waals surface area contributed by atoms with Gasteiger partial charge in [-0.05, 0) is 25.6 Å². The molecule has 1 aromatic carbocycles.